The lowest BCUT2D eigenvalue weighted by atomic mass is 10.1. The molecule has 0 bridgehead atoms. The first-order valence-electron chi connectivity index (χ1n) is 8.58. The Kier molecular flexibility index (Phi) is 6.84. The minimum atomic E-state index is -3.97. The molecule has 1 amide bonds. The molecule has 0 saturated heterocycles. The second kappa shape index (κ2) is 8.74. The van der Waals surface area contributed by atoms with Gasteiger partial charge >= 0.3 is 0 Å². The van der Waals surface area contributed by atoms with E-state index in [0.717, 1.165) is 21.5 Å². The molecular formula is C19H21F3N2O3S. The summed E-state index contributed by atoms with van der Waals surface area (Å²) in [5.74, 6) is -5.52. The molecule has 0 aliphatic heterocycles. The Morgan fingerprint density at radius 2 is 1.71 bits per heavy atom. The minimum absolute atomic E-state index is 0.0378. The standard InChI is InChI=1S/C19H21F3N2O3S/c1-4-9-24(28(26,27)14-6-5-12(2)13(3)10-14)11-17(25)23-16-8-7-15(20)18(21)19(16)22/h5-8,10H,4,9,11H2,1-3H3,(H,23,25). The van der Waals surface area contributed by atoms with Crippen molar-refractivity contribution in [2.75, 3.05) is 18.4 Å². The number of hydrogen-bond acceptors (Lipinski definition) is 3. The average Bonchev–Trinajstić information content (AvgIpc) is 2.64. The van der Waals surface area contributed by atoms with Crippen LogP contribution in [0.15, 0.2) is 35.2 Å². The van der Waals surface area contributed by atoms with E-state index in [4.69, 9.17) is 0 Å². The van der Waals surface area contributed by atoms with Gasteiger partial charge in [0, 0.05) is 6.54 Å². The van der Waals surface area contributed by atoms with E-state index in [1.54, 1.807) is 19.9 Å². The summed E-state index contributed by atoms with van der Waals surface area (Å²) in [6, 6.07) is 6.17. The quantitative estimate of drug-likeness (QED) is 0.702. The Balaban J connectivity index is 2.25. The lowest BCUT2D eigenvalue weighted by molar-refractivity contribution is -0.116. The number of nitrogens with zero attached hydrogens (tertiary/aromatic N) is 1. The third-order valence-corrected chi connectivity index (χ3v) is 6.06. The maximum atomic E-state index is 13.7. The number of sulfonamides is 1. The molecular weight excluding hydrogens is 393 g/mol. The summed E-state index contributed by atoms with van der Waals surface area (Å²) in [5.41, 5.74) is 1.14. The van der Waals surface area contributed by atoms with Crippen molar-refractivity contribution in [3.8, 4) is 0 Å². The van der Waals surface area contributed by atoms with Gasteiger partial charge in [-0.1, -0.05) is 13.0 Å². The molecule has 0 spiro atoms. The molecule has 28 heavy (non-hydrogen) atoms. The number of carbonyl (C=O) groups is 1. The first kappa shape index (κ1) is 21.9. The highest BCUT2D eigenvalue weighted by Crippen LogP contribution is 2.21. The third-order valence-electron chi connectivity index (χ3n) is 4.22. The lowest BCUT2D eigenvalue weighted by Gasteiger charge is -2.21. The molecule has 2 rings (SSSR count). The van der Waals surface area contributed by atoms with Crippen molar-refractivity contribution in [2.45, 2.75) is 32.1 Å². The molecule has 1 N–H and O–H groups in total. The van der Waals surface area contributed by atoms with Gasteiger partial charge in [0.25, 0.3) is 0 Å². The Morgan fingerprint density at radius 1 is 1.04 bits per heavy atom. The van der Waals surface area contributed by atoms with E-state index in [1.165, 1.54) is 12.1 Å². The zero-order valence-electron chi connectivity index (χ0n) is 15.7. The molecule has 0 heterocycles. The van der Waals surface area contributed by atoms with Gasteiger partial charge in [0.15, 0.2) is 17.5 Å². The van der Waals surface area contributed by atoms with Crippen molar-refractivity contribution < 1.29 is 26.4 Å². The number of hydrogen-bond donors (Lipinski definition) is 1. The van der Waals surface area contributed by atoms with Gasteiger partial charge in [-0.15, -0.1) is 0 Å². The summed E-state index contributed by atoms with van der Waals surface area (Å²) in [6.45, 7) is 4.83. The van der Waals surface area contributed by atoms with Crippen LogP contribution < -0.4 is 5.32 Å². The van der Waals surface area contributed by atoms with Crippen molar-refractivity contribution in [1.29, 1.82) is 0 Å². The topological polar surface area (TPSA) is 66.5 Å². The molecule has 0 atom stereocenters. The van der Waals surface area contributed by atoms with Crippen molar-refractivity contribution in [3.05, 3.63) is 58.9 Å². The number of benzene rings is 2. The summed E-state index contributed by atoms with van der Waals surface area (Å²) in [7, 11) is -3.97. The van der Waals surface area contributed by atoms with Gasteiger partial charge in [-0.3, -0.25) is 4.79 Å². The predicted molar refractivity (Wildman–Crippen MR) is 99.9 cm³/mol. The maximum absolute atomic E-state index is 13.7. The molecule has 2 aromatic rings. The number of aryl methyl sites for hydroxylation is 2. The fourth-order valence-electron chi connectivity index (χ4n) is 2.53. The number of rotatable bonds is 7. The molecule has 0 fully saturated rings. The van der Waals surface area contributed by atoms with Gasteiger partial charge in [0.1, 0.15) is 0 Å². The van der Waals surface area contributed by atoms with Crippen LogP contribution in [-0.2, 0) is 14.8 Å². The lowest BCUT2D eigenvalue weighted by Crippen LogP contribution is -2.38. The van der Waals surface area contributed by atoms with E-state index in [-0.39, 0.29) is 11.4 Å². The molecule has 0 saturated carbocycles. The number of anilines is 1. The summed E-state index contributed by atoms with van der Waals surface area (Å²) in [4.78, 5) is 12.3. The summed E-state index contributed by atoms with van der Waals surface area (Å²) in [5, 5.41) is 2.08. The second-order valence-corrected chi connectivity index (χ2v) is 8.29. The summed E-state index contributed by atoms with van der Waals surface area (Å²) < 4.78 is 66.8. The fourth-order valence-corrected chi connectivity index (χ4v) is 4.10. The third kappa shape index (κ3) is 4.71. The van der Waals surface area contributed by atoms with Crippen LogP contribution in [0.25, 0.3) is 0 Å². The van der Waals surface area contributed by atoms with Gasteiger partial charge in [-0.05, 0) is 55.7 Å². The summed E-state index contributed by atoms with van der Waals surface area (Å²) in [6.07, 6.45) is 0.441. The number of halogens is 3. The highest BCUT2D eigenvalue weighted by molar-refractivity contribution is 7.89. The largest absolute Gasteiger partial charge is 0.322 e. The van der Waals surface area contributed by atoms with E-state index in [9.17, 15) is 26.4 Å². The van der Waals surface area contributed by atoms with Crippen LogP contribution >= 0.6 is 0 Å². The molecule has 2 aromatic carbocycles. The zero-order valence-corrected chi connectivity index (χ0v) is 16.5. The van der Waals surface area contributed by atoms with E-state index >= 15 is 0 Å². The molecule has 0 aromatic heterocycles. The van der Waals surface area contributed by atoms with Gasteiger partial charge in [-0.25, -0.2) is 21.6 Å². The molecule has 152 valence electrons. The van der Waals surface area contributed by atoms with Crippen molar-refractivity contribution in [1.82, 2.24) is 4.31 Å². The van der Waals surface area contributed by atoms with E-state index in [0.29, 0.717) is 12.5 Å². The second-order valence-electron chi connectivity index (χ2n) is 6.36. The van der Waals surface area contributed by atoms with Crippen LogP contribution in [0.1, 0.15) is 24.5 Å². The molecule has 0 aliphatic carbocycles. The number of carbonyl (C=O) groups excluding carboxylic acids is 1. The normalized spacial score (nSPS) is 11.7. The molecule has 0 unspecified atom stereocenters. The Bertz CT molecular complexity index is 994. The van der Waals surface area contributed by atoms with E-state index in [1.807, 2.05) is 6.92 Å². The first-order valence-corrected chi connectivity index (χ1v) is 10.0. The Hall–Kier alpha value is -2.39. The van der Waals surface area contributed by atoms with Gasteiger partial charge in [0.05, 0.1) is 17.1 Å². The molecule has 5 nitrogen and oxygen atoms in total. The first-order chi connectivity index (χ1) is 13.1. The van der Waals surface area contributed by atoms with Crippen LogP contribution in [0.4, 0.5) is 18.9 Å². The van der Waals surface area contributed by atoms with Gasteiger partial charge < -0.3 is 5.32 Å². The maximum Gasteiger partial charge on any atom is 0.243 e. The highest BCUT2D eigenvalue weighted by atomic mass is 32.2. The van der Waals surface area contributed by atoms with E-state index in [2.05, 4.69) is 5.32 Å². The Morgan fingerprint density at radius 3 is 2.32 bits per heavy atom. The predicted octanol–water partition coefficient (Wildman–Crippen LogP) is 3.76. The van der Waals surface area contributed by atoms with Crippen LogP contribution in [-0.4, -0.2) is 31.7 Å². The molecule has 9 heteroatoms. The minimum Gasteiger partial charge on any atom is -0.322 e. The van der Waals surface area contributed by atoms with Crippen LogP contribution in [0.5, 0.6) is 0 Å². The van der Waals surface area contributed by atoms with E-state index < -0.39 is 45.6 Å². The van der Waals surface area contributed by atoms with Gasteiger partial charge in [-0.2, -0.15) is 4.31 Å². The van der Waals surface area contributed by atoms with Crippen LogP contribution in [0.2, 0.25) is 0 Å². The Labute approximate surface area is 162 Å². The number of amides is 1. The molecule has 0 radical (unpaired) electrons. The smallest absolute Gasteiger partial charge is 0.243 e. The van der Waals surface area contributed by atoms with Crippen LogP contribution in [0, 0.1) is 31.3 Å². The fraction of sp³-hybridized carbons (Fsp3) is 0.316. The number of nitrogens with one attached hydrogen (secondary N) is 1. The van der Waals surface area contributed by atoms with Crippen molar-refractivity contribution >= 4 is 21.6 Å². The molecule has 0 aliphatic rings. The monoisotopic (exact) mass is 414 g/mol. The zero-order chi connectivity index (χ0) is 21.1. The van der Waals surface area contributed by atoms with Crippen molar-refractivity contribution in [3.63, 3.8) is 0 Å². The van der Waals surface area contributed by atoms with Crippen LogP contribution in [0.3, 0.4) is 0 Å². The summed E-state index contributed by atoms with van der Waals surface area (Å²) >= 11 is 0. The average molecular weight is 414 g/mol. The van der Waals surface area contributed by atoms with Crippen molar-refractivity contribution in [2.24, 2.45) is 0 Å². The highest BCUT2D eigenvalue weighted by Gasteiger charge is 2.27. The SMILES string of the molecule is CCCN(CC(=O)Nc1ccc(F)c(F)c1F)S(=O)(=O)c1ccc(C)c(C)c1. The van der Waals surface area contributed by atoms with Gasteiger partial charge in [0.2, 0.25) is 15.9 Å².